The number of pyridine rings is 1. The minimum Gasteiger partial charge on any atom is -0.465 e. The predicted octanol–water partition coefficient (Wildman–Crippen LogP) is 4.61. The van der Waals surface area contributed by atoms with E-state index in [1.54, 1.807) is 12.3 Å². The number of rotatable bonds is 6. The SMILES string of the molecule is COC(=O)c1ccnc2ccc(CCC(C)(CCl)C3CC3)cc12. The number of hydrogen-bond donors (Lipinski definition) is 0. The van der Waals surface area contributed by atoms with E-state index in [2.05, 4.69) is 24.0 Å². The van der Waals surface area contributed by atoms with E-state index in [-0.39, 0.29) is 11.4 Å². The number of aryl methyl sites for hydroxylation is 1. The summed E-state index contributed by atoms with van der Waals surface area (Å²) in [6.45, 7) is 2.29. The highest BCUT2D eigenvalue weighted by molar-refractivity contribution is 6.18. The van der Waals surface area contributed by atoms with Crippen molar-refractivity contribution in [1.29, 1.82) is 0 Å². The van der Waals surface area contributed by atoms with Gasteiger partial charge in [-0.15, -0.1) is 11.6 Å². The Hall–Kier alpha value is -1.61. The summed E-state index contributed by atoms with van der Waals surface area (Å²) in [5, 5.41) is 0.857. The molecule has 0 saturated heterocycles. The molecule has 1 aliphatic rings. The lowest BCUT2D eigenvalue weighted by Gasteiger charge is -2.27. The van der Waals surface area contributed by atoms with Crippen molar-refractivity contribution in [2.75, 3.05) is 13.0 Å². The summed E-state index contributed by atoms with van der Waals surface area (Å²) in [4.78, 5) is 16.3. The van der Waals surface area contributed by atoms with E-state index >= 15 is 0 Å². The Morgan fingerprint density at radius 3 is 2.83 bits per heavy atom. The first-order valence-electron chi connectivity index (χ1n) is 8.09. The molecule has 3 rings (SSSR count). The quantitative estimate of drug-likeness (QED) is 0.573. The van der Waals surface area contributed by atoms with Gasteiger partial charge in [-0.1, -0.05) is 13.0 Å². The second kappa shape index (κ2) is 6.48. The molecule has 0 aliphatic heterocycles. The van der Waals surface area contributed by atoms with Crippen LogP contribution in [0.15, 0.2) is 30.5 Å². The van der Waals surface area contributed by atoms with Crippen molar-refractivity contribution < 1.29 is 9.53 Å². The third-order valence-corrected chi connectivity index (χ3v) is 5.67. The fourth-order valence-corrected chi connectivity index (χ4v) is 3.58. The first-order chi connectivity index (χ1) is 11.1. The minimum absolute atomic E-state index is 0.219. The number of benzene rings is 1. The number of fused-ring (bicyclic) bond motifs is 1. The highest BCUT2D eigenvalue weighted by Crippen LogP contribution is 2.48. The Balaban J connectivity index is 1.86. The molecule has 0 spiro atoms. The van der Waals surface area contributed by atoms with Gasteiger partial charge >= 0.3 is 5.97 Å². The lowest BCUT2D eigenvalue weighted by atomic mass is 9.81. The van der Waals surface area contributed by atoms with Gasteiger partial charge in [-0.25, -0.2) is 4.79 Å². The molecule has 0 radical (unpaired) electrons. The number of carbonyl (C=O) groups is 1. The third kappa shape index (κ3) is 3.35. The summed E-state index contributed by atoms with van der Waals surface area (Å²) in [5.74, 6) is 1.16. The van der Waals surface area contributed by atoms with Gasteiger partial charge in [-0.2, -0.15) is 0 Å². The number of methoxy groups -OCH3 is 1. The van der Waals surface area contributed by atoms with Crippen LogP contribution in [0.1, 0.15) is 42.1 Å². The topological polar surface area (TPSA) is 39.2 Å². The highest BCUT2D eigenvalue weighted by Gasteiger charge is 2.40. The molecular formula is C19H22ClNO2. The number of esters is 1. The normalized spacial score (nSPS) is 17.0. The van der Waals surface area contributed by atoms with Crippen molar-refractivity contribution in [3.63, 3.8) is 0 Å². The molecule has 2 aromatic rings. The summed E-state index contributed by atoms with van der Waals surface area (Å²) in [6, 6.07) is 7.85. The summed E-state index contributed by atoms with van der Waals surface area (Å²) in [6.07, 6.45) is 6.28. The molecule has 0 bridgehead atoms. The van der Waals surface area contributed by atoms with Gasteiger partial charge in [0.2, 0.25) is 0 Å². The van der Waals surface area contributed by atoms with Gasteiger partial charge in [-0.3, -0.25) is 4.98 Å². The minimum atomic E-state index is -0.321. The van der Waals surface area contributed by atoms with Crippen molar-refractivity contribution in [3.8, 4) is 0 Å². The number of nitrogens with zero attached hydrogens (tertiary/aromatic N) is 1. The fourth-order valence-electron chi connectivity index (χ4n) is 3.23. The van der Waals surface area contributed by atoms with Crippen LogP contribution in [0.5, 0.6) is 0 Å². The molecule has 122 valence electrons. The zero-order chi connectivity index (χ0) is 16.4. The van der Waals surface area contributed by atoms with E-state index in [0.717, 1.165) is 29.7 Å². The lowest BCUT2D eigenvalue weighted by Crippen LogP contribution is -2.22. The molecule has 23 heavy (non-hydrogen) atoms. The number of ether oxygens (including phenoxy) is 1. The van der Waals surface area contributed by atoms with E-state index in [4.69, 9.17) is 16.3 Å². The number of hydrogen-bond acceptors (Lipinski definition) is 3. The molecular weight excluding hydrogens is 310 g/mol. The Bertz CT molecular complexity index is 726. The van der Waals surface area contributed by atoms with Gasteiger partial charge in [0.25, 0.3) is 0 Å². The van der Waals surface area contributed by atoms with Crippen LogP contribution in [0.25, 0.3) is 10.9 Å². The second-order valence-corrected chi connectivity index (χ2v) is 7.03. The van der Waals surface area contributed by atoms with E-state index < -0.39 is 0 Å². The van der Waals surface area contributed by atoms with Gasteiger partial charge in [0.05, 0.1) is 18.2 Å². The standard InChI is InChI=1S/C19H22ClNO2/c1-19(12-20,14-4-5-14)9-7-13-3-6-17-16(11-13)15(8-10-21-17)18(22)23-2/h3,6,8,10-11,14H,4-5,7,9,12H2,1-2H3. The molecule has 1 aromatic heterocycles. The van der Waals surface area contributed by atoms with Crippen LogP contribution >= 0.6 is 11.6 Å². The third-order valence-electron chi connectivity index (χ3n) is 5.06. The summed E-state index contributed by atoms with van der Waals surface area (Å²) >= 11 is 6.22. The van der Waals surface area contributed by atoms with Crippen molar-refractivity contribution in [2.45, 2.75) is 32.6 Å². The average Bonchev–Trinajstić information content (AvgIpc) is 3.43. The molecule has 1 heterocycles. The maximum Gasteiger partial charge on any atom is 0.338 e. The highest BCUT2D eigenvalue weighted by atomic mass is 35.5. The van der Waals surface area contributed by atoms with Crippen molar-refractivity contribution in [1.82, 2.24) is 4.98 Å². The molecule has 1 unspecified atom stereocenters. The maximum absolute atomic E-state index is 11.9. The van der Waals surface area contributed by atoms with E-state index in [1.807, 2.05) is 6.07 Å². The first kappa shape index (κ1) is 16.3. The molecule has 3 nitrogen and oxygen atoms in total. The second-order valence-electron chi connectivity index (χ2n) is 6.76. The van der Waals surface area contributed by atoms with Crippen LogP contribution in [0.4, 0.5) is 0 Å². The van der Waals surface area contributed by atoms with Crippen molar-refractivity contribution in [2.24, 2.45) is 11.3 Å². The van der Waals surface area contributed by atoms with Crippen LogP contribution in [-0.4, -0.2) is 23.9 Å². The smallest absolute Gasteiger partial charge is 0.338 e. The van der Waals surface area contributed by atoms with Gasteiger partial charge in [-0.05, 0) is 60.8 Å². The largest absolute Gasteiger partial charge is 0.465 e. The molecule has 1 aliphatic carbocycles. The number of aromatic nitrogens is 1. The Kier molecular flexibility index (Phi) is 4.58. The molecule has 1 fully saturated rings. The first-order valence-corrected chi connectivity index (χ1v) is 8.63. The molecule has 1 atom stereocenters. The molecule has 4 heteroatoms. The zero-order valence-corrected chi connectivity index (χ0v) is 14.4. The average molecular weight is 332 g/mol. The molecule has 1 aromatic carbocycles. The van der Waals surface area contributed by atoms with E-state index in [9.17, 15) is 4.79 Å². The van der Waals surface area contributed by atoms with E-state index in [1.165, 1.54) is 25.5 Å². The monoisotopic (exact) mass is 331 g/mol. The number of halogens is 1. The Labute approximate surface area is 142 Å². The van der Waals surface area contributed by atoms with Gasteiger partial charge in [0.15, 0.2) is 0 Å². The molecule has 0 amide bonds. The van der Waals surface area contributed by atoms with Crippen LogP contribution in [0.3, 0.4) is 0 Å². The lowest BCUT2D eigenvalue weighted by molar-refractivity contribution is 0.0603. The van der Waals surface area contributed by atoms with Gasteiger partial charge in [0, 0.05) is 17.5 Å². The summed E-state index contributed by atoms with van der Waals surface area (Å²) < 4.78 is 4.87. The Morgan fingerprint density at radius 2 is 2.17 bits per heavy atom. The van der Waals surface area contributed by atoms with Crippen molar-refractivity contribution in [3.05, 3.63) is 41.6 Å². The van der Waals surface area contributed by atoms with Crippen LogP contribution in [0, 0.1) is 11.3 Å². The van der Waals surface area contributed by atoms with Crippen LogP contribution in [-0.2, 0) is 11.2 Å². The van der Waals surface area contributed by atoms with Gasteiger partial charge < -0.3 is 4.74 Å². The fraction of sp³-hybridized carbons (Fsp3) is 0.474. The van der Waals surface area contributed by atoms with Crippen LogP contribution in [0.2, 0.25) is 0 Å². The molecule has 1 saturated carbocycles. The number of alkyl halides is 1. The summed E-state index contributed by atoms with van der Waals surface area (Å²) in [5.41, 5.74) is 2.82. The van der Waals surface area contributed by atoms with Crippen LogP contribution < -0.4 is 0 Å². The predicted molar refractivity (Wildman–Crippen MR) is 93.0 cm³/mol. The zero-order valence-electron chi connectivity index (χ0n) is 13.6. The van der Waals surface area contributed by atoms with Crippen molar-refractivity contribution >= 4 is 28.5 Å². The maximum atomic E-state index is 11.9. The number of carbonyl (C=O) groups excluding carboxylic acids is 1. The van der Waals surface area contributed by atoms with E-state index in [0.29, 0.717) is 11.4 Å². The molecule has 0 N–H and O–H groups in total. The Morgan fingerprint density at radius 1 is 1.39 bits per heavy atom. The summed E-state index contributed by atoms with van der Waals surface area (Å²) in [7, 11) is 1.40. The van der Waals surface area contributed by atoms with Gasteiger partial charge in [0.1, 0.15) is 0 Å².